The predicted octanol–water partition coefficient (Wildman–Crippen LogP) is 4.16. The summed E-state index contributed by atoms with van der Waals surface area (Å²) in [6.45, 7) is 2.01. The van der Waals surface area contributed by atoms with Crippen molar-refractivity contribution >= 4 is 44.0 Å². The second kappa shape index (κ2) is 9.95. The van der Waals surface area contributed by atoms with E-state index < -0.39 is 0 Å². The largest absolute Gasteiger partial charge is 0.507 e. The number of likely N-dealkylation sites (N-methyl/N-ethyl adjacent to an activating group) is 1. The van der Waals surface area contributed by atoms with Gasteiger partial charge in [0.05, 0.1) is 38.9 Å². The molecule has 180 valence electrons. The molecule has 2 aromatic carbocycles. The maximum atomic E-state index is 10.7. The molecule has 3 N–H and O–H groups in total. The number of fused-ring (bicyclic) bond motifs is 2. The molecule has 1 aliphatic rings. The van der Waals surface area contributed by atoms with Gasteiger partial charge >= 0.3 is 0 Å². The molecule has 4 heterocycles. The van der Waals surface area contributed by atoms with Crippen molar-refractivity contribution < 1.29 is 10.2 Å². The number of benzene rings is 2. The Labute approximate surface area is 206 Å². The van der Waals surface area contributed by atoms with Crippen LogP contribution in [0.25, 0.3) is 32.2 Å². The number of β-amino-alcohol motifs (C(OH)–C–C–N with tert-alkyl or cyclic N) is 1. The van der Waals surface area contributed by atoms with E-state index in [1.165, 1.54) is 6.33 Å². The lowest BCUT2D eigenvalue weighted by atomic mass is 10.1. The number of phenolic OH excluding ortho intramolecular Hbond substituents is 1. The van der Waals surface area contributed by atoms with E-state index in [1.807, 2.05) is 50.1 Å². The summed E-state index contributed by atoms with van der Waals surface area (Å²) < 4.78 is 2.81. The molecule has 5 aromatic rings. The molecule has 0 spiro atoms. The molecular weight excluding hydrogens is 462 g/mol. The minimum atomic E-state index is -0.0613. The highest BCUT2D eigenvalue weighted by molar-refractivity contribution is 7.16. The van der Waals surface area contributed by atoms with Crippen LogP contribution in [0.4, 0.5) is 11.5 Å². The Morgan fingerprint density at radius 1 is 1.06 bits per heavy atom. The highest BCUT2D eigenvalue weighted by atomic mass is 32.1. The zero-order valence-electron chi connectivity index (χ0n) is 19.6. The van der Waals surface area contributed by atoms with E-state index in [4.69, 9.17) is 5.11 Å². The van der Waals surface area contributed by atoms with Gasteiger partial charge in [-0.05, 0) is 62.3 Å². The van der Waals surface area contributed by atoms with Crippen molar-refractivity contribution in [3.05, 3.63) is 54.6 Å². The Hall–Kier alpha value is -3.60. The molecule has 1 saturated heterocycles. The summed E-state index contributed by atoms with van der Waals surface area (Å²) in [5, 5.41) is 27.7. The molecule has 6 rings (SSSR count). The van der Waals surface area contributed by atoms with Gasteiger partial charge in [-0.15, -0.1) is 11.3 Å². The number of hydrogen-bond donors (Lipinski definition) is 3. The molecule has 0 bridgehead atoms. The number of phenols is 1. The Kier molecular flexibility index (Phi) is 6.58. The van der Waals surface area contributed by atoms with E-state index >= 15 is 0 Å². The highest BCUT2D eigenvalue weighted by Gasteiger charge is 2.14. The van der Waals surface area contributed by atoms with E-state index in [1.54, 1.807) is 28.3 Å². The Morgan fingerprint density at radius 2 is 1.94 bits per heavy atom. The van der Waals surface area contributed by atoms with Crippen LogP contribution < -0.4 is 5.32 Å². The Bertz CT molecular complexity index is 1460. The summed E-state index contributed by atoms with van der Waals surface area (Å²) in [7, 11) is 3.90. The van der Waals surface area contributed by atoms with Crippen LogP contribution in [0.3, 0.4) is 0 Å². The van der Waals surface area contributed by atoms with E-state index in [0.29, 0.717) is 16.7 Å². The SMILES string of the molecule is CN1CCCC(O)C1.Cn1cc(-c2cc(O)c3c(Nc4ccc5ncsc5c4)ncnc3c2)cn1. The lowest BCUT2D eigenvalue weighted by Gasteiger charge is -2.25. The third-order valence-corrected chi connectivity index (χ3v) is 6.74. The lowest BCUT2D eigenvalue weighted by molar-refractivity contribution is 0.0846. The first-order chi connectivity index (χ1) is 17.0. The molecule has 35 heavy (non-hydrogen) atoms. The first-order valence-electron chi connectivity index (χ1n) is 11.4. The molecule has 10 heteroatoms. The Morgan fingerprint density at radius 3 is 2.69 bits per heavy atom. The fourth-order valence-corrected chi connectivity index (χ4v) is 4.93. The number of aliphatic hydroxyl groups is 1. The van der Waals surface area contributed by atoms with Gasteiger partial charge in [-0.25, -0.2) is 15.0 Å². The number of nitrogens with one attached hydrogen (secondary N) is 1. The number of piperidine rings is 1. The van der Waals surface area contributed by atoms with E-state index in [-0.39, 0.29) is 11.9 Å². The summed E-state index contributed by atoms with van der Waals surface area (Å²) in [4.78, 5) is 15.1. The van der Waals surface area contributed by atoms with Crippen LogP contribution in [-0.4, -0.2) is 66.1 Å². The van der Waals surface area contributed by atoms with Gasteiger partial charge in [0.1, 0.15) is 17.9 Å². The predicted molar refractivity (Wildman–Crippen MR) is 139 cm³/mol. The summed E-state index contributed by atoms with van der Waals surface area (Å²) in [6.07, 6.45) is 7.22. The highest BCUT2D eigenvalue weighted by Crippen LogP contribution is 2.35. The van der Waals surface area contributed by atoms with Crippen LogP contribution in [0.15, 0.2) is 54.6 Å². The molecule has 1 atom stereocenters. The van der Waals surface area contributed by atoms with Crippen LogP contribution in [0.1, 0.15) is 12.8 Å². The van der Waals surface area contributed by atoms with Crippen molar-refractivity contribution in [1.82, 2.24) is 29.6 Å². The smallest absolute Gasteiger partial charge is 0.145 e. The van der Waals surface area contributed by atoms with Crippen LogP contribution >= 0.6 is 11.3 Å². The van der Waals surface area contributed by atoms with Crippen molar-refractivity contribution in [3.63, 3.8) is 0 Å². The van der Waals surface area contributed by atoms with Gasteiger partial charge in [-0.3, -0.25) is 4.68 Å². The van der Waals surface area contributed by atoms with Crippen molar-refractivity contribution in [2.75, 3.05) is 25.5 Å². The van der Waals surface area contributed by atoms with Crippen molar-refractivity contribution in [2.45, 2.75) is 18.9 Å². The number of anilines is 2. The standard InChI is InChI=1S/C19H14N6OS.C6H13NO/c1-25-8-12(7-23-25)11-4-15-18(16(26)5-11)19(21-9-20-15)24-13-2-3-14-17(6-13)27-10-22-14;1-7-4-2-3-6(8)5-7/h2-10,26H,1H3,(H,20,21,24);6,8H,2-5H2,1H3. The molecule has 1 fully saturated rings. The van der Waals surface area contributed by atoms with Crippen LogP contribution in [0.2, 0.25) is 0 Å². The molecule has 1 aliphatic heterocycles. The topological polar surface area (TPSA) is 112 Å². The fraction of sp³-hybridized carbons (Fsp3) is 0.280. The molecular formula is C25H27N7O2S. The van der Waals surface area contributed by atoms with Crippen LogP contribution in [0.5, 0.6) is 5.75 Å². The maximum absolute atomic E-state index is 10.7. The fourth-order valence-electron chi connectivity index (χ4n) is 4.21. The monoisotopic (exact) mass is 489 g/mol. The molecule has 3 aromatic heterocycles. The second-order valence-electron chi connectivity index (χ2n) is 8.73. The molecule has 9 nitrogen and oxygen atoms in total. The zero-order valence-corrected chi connectivity index (χ0v) is 20.4. The number of likely N-dealkylation sites (tertiary alicyclic amines) is 1. The quantitative estimate of drug-likeness (QED) is 0.346. The molecule has 0 amide bonds. The van der Waals surface area contributed by atoms with Gasteiger partial charge < -0.3 is 20.4 Å². The van der Waals surface area contributed by atoms with Crippen LogP contribution in [0, 0.1) is 0 Å². The number of rotatable bonds is 3. The van der Waals surface area contributed by atoms with Crippen molar-refractivity contribution in [1.29, 1.82) is 0 Å². The minimum absolute atomic E-state index is 0.0613. The number of aryl methyl sites for hydroxylation is 1. The number of hydrogen-bond acceptors (Lipinski definition) is 9. The first-order valence-corrected chi connectivity index (χ1v) is 12.3. The van der Waals surface area contributed by atoms with Gasteiger partial charge in [-0.1, -0.05) is 0 Å². The van der Waals surface area contributed by atoms with Crippen molar-refractivity contribution in [2.24, 2.45) is 7.05 Å². The third kappa shape index (κ3) is 5.24. The summed E-state index contributed by atoms with van der Waals surface area (Å²) >= 11 is 1.58. The molecule has 1 unspecified atom stereocenters. The molecule has 0 radical (unpaired) electrons. The van der Waals surface area contributed by atoms with E-state index in [2.05, 4.69) is 30.3 Å². The average Bonchev–Trinajstić information content (AvgIpc) is 3.48. The van der Waals surface area contributed by atoms with Gasteiger partial charge in [0.15, 0.2) is 0 Å². The van der Waals surface area contributed by atoms with Gasteiger partial charge in [0.2, 0.25) is 0 Å². The first kappa shape index (κ1) is 23.2. The number of nitrogens with zero attached hydrogens (tertiary/aromatic N) is 6. The normalized spacial score (nSPS) is 16.3. The third-order valence-electron chi connectivity index (χ3n) is 5.95. The summed E-state index contributed by atoms with van der Waals surface area (Å²) in [5.41, 5.74) is 6.08. The number of aliphatic hydroxyl groups excluding tert-OH is 1. The number of aromatic hydroxyl groups is 1. The van der Waals surface area contributed by atoms with E-state index in [0.717, 1.165) is 53.0 Å². The van der Waals surface area contributed by atoms with Crippen LogP contribution in [-0.2, 0) is 7.05 Å². The number of thiazole rings is 1. The second-order valence-corrected chi connectivity index (χ2v) is 9.62. The van der Waals surface area contributed by atoms with Gasteiger partial charge in [0, 0.05) is 31.0 Å². The van der Waals surface area contributed by atoms with E-state index in [9.17, 15) is 5.11 Å². The average molecular weight is 490 g/mol. The van der Waals surface area contributed by atoms with Gasteiger partial charge in [0.25, 0.3) is 0 Å². The minimum Gasteiger partial charge on any atom is -0.507 e. The molecule has 0 aliphatic carbocycles. The van der Waals surface area contributed by atoms with Gasteiger partial charge in [-0.2, -0.15) is 5.10 Å². The Balaban J connectivity index is 0.000000271. The van der Waals surface area contributed by atoms with Crippen molar-refractivity contribution in [3.8, 4) is 16.9 Å². The zero-order chi connectivity index (χ0) is 24.4. The maximum Gasteiger partial charge on any atom is 0.145 e. The summed E-state index contributed by atoms with van der Waals surface area (Å²) in [6, 6.07) is 9.54. The molecule has 0 saturated carbocycles. The number of aromatic nitrogens is 5. The lowest BCUT2D eigenvalue weighted by Crippen LogP contribution is -2.34. The summed E-state index contributed by atoms with van der Waals surface area (Å²) in [5.74, 6) is 0.674.